The van der Waals surface area contributed by atoms with Gasteiger partial charge in [-0.3, -0.25) is 4.79 Å². The first kappa shape index (κ1) is 26.1. The average Bonchev–Trinajstić information content (AvgIpc) is 3.26. The van der Waals surface area contributed by atoms with Crippen LogP contribution in [0.3, 0.4) is 0 Å². The minimum absolute atomic E-state index is 0.00505. The molecule has 7 nitrogen and oxygen atoms in total. The molecular weight excluding hydrogens is 466 g/mol. The number of methoxy groups -OCH3 is 1. The lowest BCUT2D eigenvalue weighted by Crippen LogP contribution is -2.31. The van der Waals surface area contributed by atoms with E-state index in [-0.39, 0.29) is 12.5 Å². The predicted octanol–water partition coefficient (Wildman–Crippen LogP) is 5.26. The van der Waals surface area contributed by atoms with Gasteiger partial charge in [-0.2, -0.15) is 0 Å². The number of imidazole rings is 1. The Kier molecular flexibility index (Phi) is 9.03. The zero-order chi connectivity index (χ0) is 26.0. The number of nitrogens with zero attached hydrogens (tertiary/aromatic N) is 2. The van der Waals surface area contributed by atoms with Gasteiger partial charge in [0.1, 0.15) is 23.1 Å². The van der Waals surface area contributed by atoms with E-state index in [1.807, 2.05) is 74.5 Å². The minimum atomic E-state index is -0.140. The summed E-state index contributed by atoms with van der Waals surface area (Å²) in [5.74, 6) is 3.23. The topological polar surface area (TPSA) is 74.6 Å². The zero-order valence-corrected chi connectivity index (χ0v) is 21.8. The summed E-state index contributed by atoms with van der Waals surface area (Å²) >= 11 is 0. The number of rotatable bonds is 13. The van der Waals surface area contributed by atoms with Crippen molar-refractivity contribution in [2.75, 3.05) is 26.9 Å². The molecule has 1 amide bonds. The van der Waals surface area contributed by atoms with Crippen LogP contribution in [0.25, 0.3) is 11.0 Å². The summed E-state index contributed by atoms with van der Waals surface area (Å²) < 4.78 is 19.0. The fraction of sp³-hybridized carbons (Fsp3) is 0.333. The molecule has 0 aliphatic heterocycles. The number of aromatic nitrogens is 2. The SMILES string of the molecule is COc1ccc(OCCCCn2c(CCNC(=O)COc3cc(C)ccc3C)nc3ccccc32)cc1. The first-order chi connectivity index (χ1) is 18.0. The number of carbonyl (C=O) groups is 1. The Bertz CT molecular complexity index is 1310. The summed E-state index contributed by atoms with van der Waals surface area (Å²) in [7, 11) is 1.65. The number of aryl methyl sites for hydroxylation is 3. The van der Waals surface area contributed by atoms with Gasteiger partial charge in [0, 0.05) is 19.5 Å². The molecule has 0 spiro atoms. The number of ether oxygens (including phenoxy) is 3. The summed E-state index contributed by atoms with van der Waals surface area (Å²) in [6, 6.07) is 21.8. The van der Waals surface area contributed by atoms with Crippen LogP contribution in [-0.2, 0) is 17.8 Å². The van der Waals surface area contributed by atoms with Crippen molar-refractivity contribution in [2.45, 2.75) is 39.7 Å². The standard InChI is InChI=1S/C30H35N3O4/c1-22-10-11-23(2)28(20-22)37-21-30(34)31-17-16-29-32-26-8-4-5-9-27(26)33(29)18-6-7-19-36-25-14-12-24(35-3)13-15-25/h4-5,8-15,20H,6-7,16-19,21H2,1-3H3,(H,31,34). The van der Waals surface area contributed by atoms with Gasteiger partial charge in [0.25, 0.3) is 5.91 Å². The van der Waals surface area contributed by atoms with Crippen LogP contribution in [0.2, 0.25) is 0 Å². The second kappa shape index (κ2) is 12.8. The second-order valence-corrected chi connectivity index (χ2v) is 9.06. The van der Waals surface area contributed by atoms with Crippen LogP contribution in [0.4, 0.5) is 0 Å². The molecule has 1 aromatic heterocycles. The fourth-order valence-electron chi connectivity index (χ4n) is 4.17. The molecule has 0 aliphatic carbocycles. The summed E-state index contributed by atoms with van der Waals surface area (Å²) in [4.78, 5) is 17.2. The zero-order valence-electron chi connectivity index (χ0n) is 21.8. The summed E-state index contributed by atoms with van der Waals surface area (Å²) in [5, 5.41) is 2.96. The van der Waals surface area contributed by atoms with Gasteiger partial charge in [-0.05, 0) is 80.3 Å². The van der Waals surface area contributed by atoms with Gasteiger partial charge < -0.3 is 24.1 Å². The molecule has 37 heavy (non-hydrogen) atoms. The van der Waals surface area contributed by atoms with Crippen molar-refractivity contribution in [3.05, 3.63) is 83.7 Å². The first-order valence-corrected chi connectivity index (χ1v) is 12.7. The molecule has 1 N–H and O–H groups in total. The van der Waals surface area contributed by atoms with Gasteiger partial charge in [-0.15, -0.1) is 0 Å². The molecule has 0 atom stereocenters. The molecule has 0 fully saturated rings. The van der Waals surface area contributed by atoms with E-state index in [1.54, 1.807) is 7.11 Å². The third-order valence-electron chi connectivity index (χ3n) is 6.21. The highest BCUT2D eigenvalue weighted by Gasteiger charge is 2.11. The number of hydrogen-bond donors (Lipinski definition) is 1. The molecular formula is C30H35N3O4. The lowest BCUT2D eigenvalue weighted by molar-refractivity contribution is -0.123. The molecule has 7 heteroatoms. The van der Waals surface area contributed by atoms with Crippen molar-refractivity contribution < 1.29 is 19.0 Å². The van der Waals surface area contributed by atoms with E-state index in [0.717, 1.165) is 64.6 Å². The Hall–Kier alpha value is -4.00. The maximum Gasteiger partial charge on any atom is 0.257 e. The Morgan fingerprint density at radius 1 is 0.946 bits per heavy atom. The predicted molar refractivity (Wildman–Crippen MR) is 146 cm³/mol. The molecule has 0 radical (unpaired) electrons. The molecule has 4 aromatic rings. The maximum absolute atomic E-state index is 12.4. The highest BCUT2D eigenvalue weighted by Crippen LogP contribution is 2.20. The molecule has 3 aromatic carbocycles. The molecule has 194 valence electrons. The largest absolute Gasteiger partial charge is 0.497 e. The molecule has 0 saturated carbocycles. The Labute approximate surface area is 218 Å². The number of unbranched alkanes of at least 4 members (excludes halogenated alkanes) is 1. The monoisotopic (exact) mass is 501 g/mol. The molecule has 0 saturated heterocycles. The van der Waals surface area contributed by atoms with E-state index in [2.05, 4.69) is 16.0 Å². The number of hydrogen-bond acceptors (Lipinski definition) is 5. The van der Waals surface area contributed by atoms with Gasteiger partial charge >= 0.3 is 0 Å². The van der Waals surface area contributed by atoms with E-state index in [9.17, 15) is 4.79 Å². The molecule has 1 heterocycles. The van der Waals surface area contributed by atoms with Gasteiger partial charge in [0.05, 0.1) is 24.8 Å². The lowest BCUT2D eigenvalue weighted by Gasteiger charge is -2.12. The summed E-state index contributed by atoms with van der Waals surface area (Å²) in [6.07, 6.45) is 2.52. The van der Waals surface area contributed by atoms with E-state index in [0.29, 0.717) is 19.6 Å². The minimum Gasteiger partial charge on any atom is -0.497 e. The van der Waals surface area contributed by atoms with Crippen molar-refractivity contribution in [1.82, 2.24) is 14.9 Å². The lowest BCUT2D eigenvalue weighted by atomic mass is 10.1. The first-order valence-electron chi connectivity index (χ1n) is 12.7. The Morgan fingerprint density at radius 3 is 2.54 bits per heavy atom. The number of carbonyl (C=O) groups excluding carboxylic acids is 1. The van der Waals surface area contributed by atoms with E-state index in [4.69, 9.17) is 19.2 Å². The van der Waals surface area contributed by atoms with Crippen LogP contribution in [-0.4, -0.2) is 42.3 Å². The van der Waals surface area contributed by atoms with Crippen LogP contribution in [0.5, 0.6) is 17.2 Å². The number of amides is 1. The summed E-state index contributed by atoms with van der Waals surface area (Å²) in [5.41, 5.74) is 4.20. The quantitative estimate of drug-likeness (QED) is 0.253. The van der Waals surface area contributed by atoms with Crippen LogP contribution in [0.15, 0.2) is 66.7 Å². The van der Waals surface area contributed by atoms with Crippen molar-refractivity contribution >= 4 is 16.9 Å². The molecule has 4 rings (SSSR count). The number of fused-ring (bicyclic) bond motifs is 1. The normalized spacial score (nSPS) is 10.9. The van der Waals surface area contributed by atoms with E-state index in [1.165, 1.54) is 0 Å². The third kappa shape index (κ3) is 7.26. The van der Waals surface area contributed by atoms with Gasteiger partial charge in [0.15, 0.2) is 6.61 Å². The highest BCUT2D eigenvalue weighted by molar-refractivity contribution is 5.78. The van der Waals surface area contributed by atoms with Gasteiger partial charge in [-0.25, -0.2) is 4.98 Å². The smallest absolute Gasteiger partial charge is 0.257 e. The van der Waals surface area contributed by atoms with E-state index >= 15 is 0 Å². The second-order valence-electron chi connectivity index (χ2n) is 9.06. The van der Waals surface area contributed by atoms with Crippen molar-refractivity contribution in [2.24, 2.45) is 0 Å². The summed E-state index contributed by atoms with van der Waals surface area (Å²) in [6.45, 7) is 5.96. The molecule has 0 unspecified atom stereocenters. The van der Waals surface area contributed by atoms with Crippen LogP contribution >= 0.6 is 0 Å². The molecule has 0 aliphatic rings. The van der Waals surface area contributed by atoms with Crippen LogP contribution < -0.4 is 19.5 Å². The van der Waals surface area contributed by atoms with Crippen LogP contribution in [0, 0.1) is 13.8 Å². The third-order valence-corrected chi connectivity index (χ3v) is 6.21. The van der Waals surface area contributed by atoms with E-state index < -0.39 is 0 Å². The number of nitrogens with one attached hydrogen (secondary N) is 1. The van der Waals surface area contributed by atoms with Gasteiger partial charge in [0.2, 0.25) is 0 Å². The number of benzene rings is 3. The maximum atomic E-state index is 12.4. The van der Waals surface area contributed by atoms with Crippen molar-refractivity contribution in [3.63, 3.8) is 0 Å². The Morgan fingerprint density at radius 2 is 1.73 bits per heavy atom. The average molecular weight is 502 g/mol. The molecule has 0 bridgehead atoms. The van der Waals surface area contributed by atoms with Crippen molar-refractivity contribution in [1.29, 1.82) is 0 Å². The highest BCUT2D eigenvalue weighted by atomic mass is 16.5. The van der Waals surface area contributed by atoms with Gasteiger partial charge in [-0.1, -0.05) is 24.3 Å². The van der Waals surface area contributed by atoms with Crippen molar-refractivity contribution in [3.8, 4) is 17.2 Å². The number of para-hydroxylation sites is 2. The Balaban J connectivity index is 1.26. The fourth-order valence-corrected chi connectivity index (χ4v) is 4.17. The van der Waals surface area contributed by atoms with Crippen LogP contribution in [0.1, 0.15) is 29.8 Å².